The molecular formula is C24H22F2N4O2. The second-order valence-corrected chi connectivity index (χ2v) is 8.24. The van der Waals surface area contributed by atoms with Gasteiger partial charge in [0.05, 0.1) is 18.1 Å². The standard InChI is InChI=1S/C24H22F2N4O2/c1-15(16-7-3-2-4-8-16)28-14-27-22-21(28)23(31)29(18-9-5-6-10-18)24(32)30(22)20-12-11-17(25)13-19(20)26/h2-4,7-8,11-15,18H,5-6,9-10H2,1H3/t15-/m1/s1. The number of fused-ring (bicyclic) bond motifs is 1. The van der Waals surface area contributed by atoms with Crippen LogP contribution < -0.4 is 11.2 Å². The molecule has 8 heteroatoms. The van der Waals surface area contributed by atoms with Gasteiger partial charge in [-0.1, -0.05) is 43.2 Å². The van der Waals surface area contributed by atoms with Crippen molar-refractivity contribution in [3.05, 3.63) is 92.9 Å². The van der Waals surface area contributed by atoms with Gasteiger partial charge >= 0.3 is 5.69 Å². The predicted octanol–water partition coefficient (Wildman–Crippen LogP) is 4.35. The quantitative estimate of drug-likeness (QED) is 0.478. The molecule has 1 atom stereocenters. The largest absolute Gasteiger partial charge is 0.337 e. The van der Waals surface area contributed by atoms with Gasteiger partial charge in [0.25, 0.3) is 5.56 Å². The molecule has 0 aliphatic heterocycles. The number of hydrogen-bond acceptors (Lipinski definition) is 3. The third-order valence-electron chi connectivity index (χ3n) is 6.34. The third kappa shape index (κ3) is 3.18. The minimum atomic E-state index is -0.893. The van der Waals surface area contributed by atoms with Gasteiger partial charge in [0.2, 0.25) is 0 Å². The molecule has 2 aromatic heterocycles. The summed E-state index contributed by atoms with van der Waals surface area (Å²) in [5, 5.41) is 0. The Morgan fingerprint density at radius 1 is 1.03 bits per heavy atom. The Morgan fingerprint density at radius 2 is 1.75 bits per heavy atom. The van der Waals surface area contributed by atoms with E-state index in [1.54, 1.807) is 4.57 Å². The van der Waals surface area contributed by atoms with E-state index >= 15 is 0 Å². The average Bonchev–Trinajstić information content (AvgIpc) is 3.46. The first kappa shape index (κ1) is 20.4. The number of nitrogens with zero attached hydrogens (tertiary/aromatic N) is 4. The van der Waals surface area contributed by atoms with E-state index in [2.05, 4.69) is 4.98 Å². The lowest BCUT2D eigenvalue weighted by atomic mass is 10.1. The van der Waals surface area contributed by atoms with Crippen molar-refractivity contribution in [1.29, 1.82) is 0 Å². The topological polar surface area (TPSA) is 61.8 Å². The van der Waals surface area contributed by atoms with Crippen LogP contribution in [0.15, 0.2) is 64.4 Å². The van der Waals surface area contributed by atoms with Crippen LogP contribution in [0.2, 0.25) is 0 Å². The van der Waals surface area contributed by atoms with E-state index < -0.39 is 22.9 Å². The maximum absolute atomic E-state index is 14.8. The maximum atomic E-state index is 14.8. The van der Waals surface area contributed by atoms with Crippen molar-refractivity contribution in [2.45, 2.75) is 44.7 Å². The summed E-state index contributed by atoms with van der Waals surface area (Å²) in [5.41, 5.74) is 0.0164. The van der Waals surface area contributed by atoms with E-state index in [9.17, 15) is 18.4 Å². The van der Waals surface area contributed by atoms with E-state index in [0.29, 0.717) is 12.8 Å². The van der Waals surface area contributed by atoms with Gasteiger partial charge in [0, 0.05) is 12.1 Å². The van der Waals surface area contributed by atoms with Crippen LogP contribution in [0.3, 0.4) is 0 Å². The smallest absolute Gasteiger partial charge is 0.317 e. The molecule has 2 aromatic carbocycles. The minimum Gasteiger partial charge on any atom is -0.317 e. The minimum absolute atomic E-state index is 0.0579. The highest BCUT2D eigenvalue weighted by Gasteiger charge is 2.28. The average molecular weight is 436 g/mol. The number of imidazole rings is 1. The fraction of sp³-hybridized carbons (Fsp3) is 0.292. The number of aromatic nitrogens is 4. The predicted molar refractivity (Wildman–Crippen MR) is 117 cm³/mol. The Bertz CT molecular complexity index is 1420. The van der Waals surface area contributed by atoms with Gasteiger partial charge < -0.3 is 4.57 Å². The monoisotopic (exact) mass is 436 g/mol. The third-order valence-corrected chi connectivity index (χ3v) is 6.34. The Morgan fingerprint density at radius 3 is 2.44 bits per heavy atom. The zero-order chi connectivity index (χ0) is 22.4. The molecule has 0 saturated heterocycles. The molecule has 1 aliphatic rings. The van der Waals surface area contributed by atoms with E-state index in [-0.39, 0.29) is 28.9 Å². The summed E-state index contributed by atoms with van der Waals surface area (Å²) in [6.45, 7) is 1.93. The van der Waals surface area contributed by atoms with Gasteiger partial charge in [-0.15, -0.1) is 0 Å². The van der Waals surface area contributed by atoms with Gasteiger partial charge in [-0.3, -0.25) is 9.36 Å². The molecule has 0 bridgehead atoms. The van der Waals surface area contributed by atoms with Crippen molar-refractivity contribution in [3.8, 4) is 5.69 Å². The highest BCUT2D eigenvalue weighted by Crippen LogP contribution is 2.29. The molecule has 164 valence electrons. The highest BCUT2D eigenvalue weighted by molar-refractivity contribution is 5.73. The van der Waals surface area contributed by atoms with E-state index in [0.717, 1.165) is 35.1 Å². The number of rotatable bonds is 4. The number of benzene rings is 2. The first-order chi connectivity index (χ1) is 15.5. The lowest BCUT2D eigenvalue weighted by molar-refractivity contribution is 0.471. The highest BCUT2D eigenvalue weighted by atomic mass is 19.1. The van der Waals surface area contributed by atoms with Gasteiger partial charge in [-0.05, 0) is 37.5 Å². The summed E-state index contributed by atoms with van der Waals surface area (Å²) in [7, 11) is 0. The molecule has 0 spiro atoms. The molecule has 0 N–H and O–H groups in total. The number of hydrogen-bond donors (Lipinski definition) is 0. The van der Waals surface area contributed by atoms with E-state index in [1.807, 2.05) is 37.3 Å². The SMILES string of the molecule is C[C@H](c1ccccc1)n1cnc2c1c(=O)n(C1CCCC1)c(=O)n2-c1ccc(F)cc1F. The summed E-state index contributed by atoms with van der Waals surface area (Å²) in [5.74, 6) is -1.64. The van der Waals surface area contributed by atoms with Crippen molar-refractivity contribution >= 4 is 11.2 Å². The Hall–Kier alpha value is -3.55. The Labute approximate surface area is 182 Å². The van der Waals surface area contributed by atoms with Crippen LogP contribution >= 0.6 is 0 Å². The fourth-order valence-electron chi connectivity index (χ4n) is 4.67. The summed E-state index contributed by atoms with van der Waals surface area (Å²) < 4.78 is 32.4. The summed E-state index contributed by atoms with van der Waals surface area (Å²) in [6.07, 6.45) is 4.74. The van der Waals surface area contributed by atoms with E-state index in [4.69, 9.17) is 0 Å². The molecule has 1 aliphatic carbocycles. The fourth-order valence-corrected chi connectivity index (χ4v) is 4.67. The maximum Gasteiger partial charge on any atom is 0.337 e. The molecule has 0 radical (unpaired) electrons. The van der Waals surface area contributed by atoms with Crippen molar-refractivity contribution in [3.63, 3.8) is 0 Å². The molecule has 4 aromatic rings. The molecule has 0 unspecified atom stereocenters. The molecule has 1 fully saturated rings. The summed E-state index contributed by atoms with van der Waals surface area (Å²) in [4.78, 5) is 31.5. The van der Waals surface area contributed by atoms with Crippen LogP contribution in [0.25, 0.3) is 16.9 Å². The molecular weight excluding hydrogens is 414 g/mol. The van der Waals surface area contributed by atoms with Crippen LogP contribution in [-0.2, 0) is 0 Å². The van der Waals surface area contributed by atoms with Crippen molar-refractivity contribution in [2.24, 2.45) is 0 Å². The van der Waals surface area contributed by atoms with Crippen molar-refractivity contribution in [1.82, 2.24) is 18.7 Å². The Kier molecular flexibility index (Phi) is 5.00. The van der Waals surface area contributed by atoms with Crippen LogP contribution in [0.1, 0.15) is 50.3 Å². The van der Waals surface area contributed by atoms with Gasteiger partial charge in [0.15, 0.2) is 11.2 Å². The molecule has 5 rings (SSSR count). The normalized spacial score (nSPS) is 15.5. The second-order valence-electron chi connectivity index (χ2n) is 8.24. The molecule has 6 nitrogen and oxygen atoms in total. The first-order valence-corrected chi connectivity index (χ1v) is 10.7. The van der Waals surface area contributed by atoms with Crippen molar-refractivity contribution < 1.29 is 8.78 Å². The lowest BCUT2D eigenvalue weighted by Crippen LogP contribution is -2.42. The van der Waals surface area contributed by atoms with Gasteiger partial charge in [-0.25, -0.2) is 23.1 Å². The first-order valence-electron chi connectivity index (χ1n) is 10.7. The zero-order valence-electron chi connectivity index (χ0n) is 17.5. The van der Waals surface area contributed by atoms with E-state index in [1.165, 1.54) is 17.0 Å². The van der Waals surface area contributed by atoms with Gasteiger partial charge in [0.1, 0.15) is 11.6 Å². The zero-order valence-corrected chi connectivity index (χ0v) is 17.5. The van der Waals surface area contributed by atoms with Crippen LogP contribution in [0.4, 0.5) is 8.78 Å². The Balaban J connectivity index is 1.85. The second kappa shape index (κ2) is 7.85. The summed E-state index contributed by atoms with van der Waals surface area (Å²) in [6, 6.07) is 12.1. The van der Waals surface area contributed by atoms with Crippen molar-refractivity contribution in [2.75, 3.05) is 0 Å². The lowest BCUT2D eigenvalue weighted by Gasteiger charge is -2.19. The van der Waals surface area contributed by atoms with Gasteiger partial charge in [-0.2, -0.15) is 0 Å². The van der Waals surface area contributed by atoms with Crippen LogP contribution in [-0.4, -0.2) is 18.7 Å². The molecule has 1 saturated carbocycles. The number of halogens is 2. The molecule has 32 heavy (non-hydrogen) atoms. The van der Waals surface area contributed by atoms with Crippen LogP contribution in [0.5, 0.6) is 0 Å². The summed E-state index contributed by atoms with van der Waals surface area (Å²) >= 11 is 0. The molecule has 0 amide bonds. The molecule has 2 heterocycles. The van der Waals surface area contributed by atoms with Crippen LogP contribution in [0, 0.1) is 11.6 Å².